The van der Waals surface area contributed by atoms with E-state index in [1.54, 1.807) is 0 Å². The Labute approximate surface area is 117 Å². The molecule has 1 aromatic rings. The van der Waals surface area contributed by atoms with E-state index < -0.39 is 0 Å². The van der Waals surface area contributed by atoms with Gasteiger partial charge >= 0.3 is 0 Å². The Balaban J connectivity index is 2.03. The van der Waals surface area contributed by atoms with Crippen LogP contribution in [0.2, 0.25) is 0 Å². The van der Waals surface area contributed by atoms with Gasteiger partial charge in [-0.05, 0) is 61.4 Å². The molecule has 1 saturated heterocycles. The summed E-state index contributed by atoms with van der Waals surface area (Å²) in [5.74, 6) is 1.32. The van der Waals surface area contributed by atoms with Crippen molar-refractivity contribution in [1.29, 1.82) is 0 Å². The van der Waals surface area contributed by atoms with Crippen LogP contribution in [0.25, 0.3) is 0 Å². The molecule has 0 unspecified atom stereocenters. The molecule has 2 rings (SSSR count). The summed E-state index contributed by atoms with van der Waals surface area (Å²) in [6.07, 6.45) is 2.45. The second kappa shape index (κ2) is 6.53. The maximum absolute atomic E-state index is 8.99. The first kappa shape index (κ1) is 14.5. The van der Waals surface area contributed by atoms with Gasteiger partial charge in [-0.25, -0.2) is 0 Å². The Morgan fingerprint density at radius 3 is 2.47 bits per heavy atom. The topological polar surface area (TPSA) is 23.5 Å². The molecule has 106 valence electrons. The summed E-state index contributed by atoms with van der Waals surface area (Å²) in [4.78, 5) is 2.37. The van der Waals surface area contributed by atoms with Gasteiger partial charge in [-0.1, -0.05) is 32.0 Å². The molecule has 1 N–H and O–H groups in total. The van der Waals surface area contributed by atoms with Gasteiger partial charge in [-0.15, -0.1) is 0 Å². The molecular formula is C17H27NO. The fourth-order valence-electron chi connectivity index (χ4n) is 3.13. The first-order chi connectivity index (χ1) is 9.11. The molecule has 1 heterocycles. The molecule has 0 spiro atoms. The molecule has 0 aliphatic carbocycles. The number of aryl methyl sites for hydroxylation is 1. The van der Waals surface area contributed by atoms with Crippen molar-refractivity contribution in [2.24, 2.45) is 0 Å². The van der Waals surface area contributed by atoms with Crippen LogP contribution in [0.5, 0.6) is 0 Å². The number of piperidine rings is 1. The van der Waals surface area contributed by atoms with E-state index in [-0.39, 0.29) is 6.61 Å². The fourth-order valence-corrected chi connectivity index (χ4v) is 3.13. The Morgan fingerprint density at radius 1 is 1.26 bits per heavy atom. The second-order valence-electron chi connectivity index (χ2n) is 6.11. The summed E-state index contributed by atoms with van der Waals surface area (Å²) in [7, 11) is 0. The molecule has 2 nitrogen and oxygen atoms in total. The molecule has 0 saturated carbocycles. The molecule has 0 amide bonds. The first-order valence-electron chi connectivity index (χ1n) is 7.55. The number of rotatable bonds is 4. The zero-order chi connectivity index (χ0) is 13.8. The highest BCUT2D eigenvalue weighted by Gasteiger charge is 2.21. The third-order valence-corrected chi connectivity index (χ3v) is 4.40. The number of hydrogen-bond donors (Lipinski definition) is 1. The van der Waals surface area contributed by atoms with Crippen LogP contribution in [0.3, 0.4) is 0 Å². The molecule has 0 bridgehead atoms. The number of likely N-dealkylation sites (tertiary alicyclic amines) is 1. The molecule has 0 aromatic heterocycles. The fraction of sp³-hybridized carbons (Fsp3) is 0.647. The van der Waals surface area contributed by atoms with Gasteiger partial charge in [0.2, 0.25) is 0 Å². The van der Waals surface area contributed by atoms with Gasteiger partial charge in [-0.3, -0.25) is 0 Å². The standard InChI is InChI=1S/C17H27NO/c1-13(2)16-4-5-17(14(3)12-16)15-6-8-18(9-7-15)10-11-19/h4-5,12-13,15,19H,6-11H2,1-3H3. The third-order valence-electron chi connectivity index (χ3n) is 4.40. The summed E-state index contributed by atoms with van der Waals surface area (Å²) in [5, 5.41) is 8.99. The quantitative estimate of drug-likeness (QED) is 0.899. The highest BCUT2D eigenvalue weighted by molar-refractivity contribution is 5.35. The molecular weight excluding hydrogens is 234 g/mol. The van der Waals surface area contributed by atoms with E-state index >= 15 is 0 Å². The van der Waals surface area contributed by atoms with E-state index in [0.717, 1.165) is 19.6 Å². The predicted octanol–water partition coefficient (Wildman–Crippen LogP) is 3.29. The van der Waals surface area contributed by atoms with Crippen LogP contribution in [-0.4, -0.2) is 36.2 Å². The number of β-amino-alcohol motifs (C(OH)–C–C–N with tert-alkyl or cyclic N) is 1. The molecule has 19 heavy (non-hydrogen) atoms. The van der Waals surface area contributed by atoms with E-state index in [1.807, 2.05) is 0 Å². The lowest BCUT2D eigenvalue weighted by Crippen LogP contribution is -2.35. The number of benzene rings is 1. The zero-order valence-corrected chi connectivity index (χ0v) is 12.5. The highest BCUT2D eigenvalue weighted by Crippen LogP contribution is 2.31. The van der Waals surface area contributed by atoms with Gasteiger partial charge in [0.1, 0.15) is 0 Å². The summed E-state index contributed by atoms with van der Waals surface area (Å²) in [5.41, 5.74) is 4.43. The van der Waals surface area contributed by atoms with Crippen LogP contribution in [0.15, 0.2) is 18.2 Å². The van der Waals surface area contributed by atoms with Gasteiger partial charge in [-0.2, -0.15) is 0 Å². The monoisotopic (exact) mass is 261 g/mol. The Hall–Kier alpha value is -0.860. The Kier molecular flexibility index (Phi) is 5.00. The summed E-state index contributed by atoms with van der Waals surface area (Å²) < 4.78 is 0. The average molecular weight is 261 g/mol. The summed E-state index contributed by atoms with van der Waals surface area (Å²) in [6, 6.07) is 7.00. The number of nitrogens with zero attached hydrogens (tertiary/aromatic N) is 1. The SMILES string of the molecule is Cc1cc(C(C)C)ccc1C1CCN(CCO)CC1. The third kappa shape index (κ3) is 3.58. The second-order valence-corrected chi connectivity index (χ2v) is 6.11. The van der Waals surface area contributed by atoms with Crippen molar-refractivity contribution in [2.45, 2.75) is 45.4 Å². The Bertz CT molecular complexity index is 406. The van der Waals surface area contributed by atoms with Crippen LogP contribution in [0.1, 0.15) is 55.2 Å². The lowest BCUT2D eigenvalue weighted by molar-refractivity contribution is 0.164. The van der Waals surface area contributed by atoms with Crippen LogP contribution in [0, 0.1) is 6.92 Å². The van der Waals surface area contributed by atoms with Crippen molar-refractivity contribution in [2.75, 3.05) is 26.2 Å². The first-order valence-corrected chi connectivity index (χ1v) is 7.55. The number of aliphatic hydroxyl groups is 1. The van der Waals surface area contributed by atoms with Crippen LogP contribution < -0.4 is 0 Å². The van der Waals surface area contributed by atoms with Gasteiger partial charge < -0.3 is 10.0 Å². The van der Waals surface area contributed by atoms with Gasteiger partial charge in [0.15, 0.2) is 0 Å². The molecule has 0 radical (unpaired) electrons. The minimum atomic E-state index is 0.285. The molecule has 2 heteroatoms. The predicted molar refractivity (Wildman–Crippen MR) is 80.8 cm³/mol. The van der Waals surface area contributed by atoms with Gasteiger partial charge in [0, 0.05) is 6.54 Å². The molecule has 0 atom stereocenters. The van der Waals surface area contributed by atoms with Crippen LogP contribution in [-0.2, 0) is 0 Å². The lowest BCUT2D eigenvalue weighted by atomic mass is 9.85. The van der Waals surface area contributed by atoms with E-state index in [2.05, 4.69) is 43.9 Å². The average Bonchev–Trinajstić information content (AvgIpc) is 2.40. The minimum Gasteiger partial charge on any atom is -0.395 e. The van der Waals surface area contributed by atoms with Crippen molar-refractivity contribution >= 4 is 0 Å². The minimum absolute atomic E-state index is 0.285. The van der Waals surface area contributed by atoms with E-state index in [4.69, 9.17) is 5.11 Å². The smallest absolute Gasteiger partial charge is 0.0558 e. The normalized spacial score (nSPS) is 18.2. The molecule has 1 aromatic carbocycles. The summed E-state index contributed by atoms with van der Waals surface area (Å²) in [6.45, 7) is 10.1. The lowest BCUT2D eigenvalue weighted by Gasteiger charge is -2.32. The maximum atomic E-state index is 8.99. The summed E-state index contributed by atoms with van der Waals surface area (Å²) >= 11 is 0. The zero-order valence-electron chi connectivity index (χ0n) is 12.5. The molecule has 1 aliphatic rings. The van der Waals surface area contributed by atoms with Crippen molar-refractivity contribution in [3.8, 4) is 0 Å². The van der Waals surface area contributed by atoms with Crippen molar-refractivity contribution in [3.05, 3.63) is 34.9 Å². The van der Waals surface area contributed by atoms with Gasteiger partial charge in [0.05, 0.1) is 6.61 Å². The van der Waals surface area contributed by atoms with Crippen LogP contribution in [0.4, 0.5) is 0 Å². The van der Waals surface area contributed by atoms with Crippen LogP contribution >= 0.6 is 0 Å². The highest BCUT2D eigenvalue weighted by atomic mass is 16.3. The van der Waals surface area contributed by atoms with Gasteiger partial charge in [0.25, 0.3) is 0 Å². The Morgan fingerprint density at radius 2 is 1.95 bits per heavy atom. The van der Waals surface area contributed by atoms with Crippen molar-refractivity contribution in [3.63, 3.8) is 0 Å². The molecule has 1 fully saturated rings. The molecule has 1 aliphatic heterocycles. The van der Waals surface area contributed by atoms with E-state index in [0.29, 0.717) is 11.8 Å². The maximum Gasteiger partial charge on any atom is 0.0558 e. The van der Waals surface area contributed by atoms with Crippen molar-refractivity contribution < 1.29 is 5.11 Å². The van der Waals surface area contributed by atoms with E-state index in [1.165, 1.54) is 29.5 Å². The number of hydrogen-bond acceptors (Lipinski definition) is 2. The van der Waals surface area contributed by atoms with Crippen molar-refractivity contribution in [1.82, 2.24) is 4.90 Å². The number of aliphatic hydroxyl groups excluding tert-OH is 1. The largest absolute Gasteiger partial charge is 0.395 e. The van der Waals surface area contributed by atoms with E-state index in [9.17, 15) is 0 Å².